The van der Waals surface area contributed by atoms with Crippen LogP contribution >= 0.6 is 0 Å². The second-order valence-corrected chi connectivity index (χ2v) is 6.44. The zero-order valence-corrected chi connectivity index (χ0v) is 11.2. The fourth-order valence-corrected chi connectivity index (χ4v) is 3.54. The van der Waals surface area contributed by atoms with E-state index in [2.05, 4.69) is 38.1 Å². The zero-order valence-electron chi connectivity index (χ0n) is 11.2. The fraction of sp³-hybridized carbons (Fsp3) is 0.562. The summed E-state index contributed by atoms with van der Waals surface area (Å²) in [4.78, 5) is 12.5. The van der Waals surface area contributed by atoms with Crippen molar-refractivity contribution in [2.24, 2.45) is 5.41 Å². The average Bonchev–Trinajstić information content (AvgIpc) is 2.26. The van der Waals surface area contributed by atoms with Crippen molar-refractivity contribution in [2.45, 2.75) is 38.5 Å². The van der Waals surface area contributed by atoms with Gasteiger partial charge in [-0.25, -0.2) is 0 Å². The molecule has 0 atom stereocenters. The van der Waals surface area contributed by atoms with Crippen molar-refractivity contribution in [3.05, 3.63) is 35.4 Å². The number of carbonyl (C=O) groups excluding carboxylic acids is 1. The molecule has 2 aliphatic rings. The standard InChI is InChI=1S/C16H21NO/c1-12(2)13-4-3-5-14(6-13)15-7-16(8-15)9-17(10-16)11-18/h3-6,11-12,15H,7-10H2,1-2H3. The predicted octanol–water partition coefficient (Wildman–Crippen LogP) is 3.15. The largest absolute Gasteiger partial charge is 0.344 e. The number of benzene rings is 1. The number of carbonyl (C=O) groups is 1. The molecule has 1 heterocycles. The van der Waals surface area contributed by atoms with Crippen LogP contribution in [0.3, 0.4) is 0 Å². The number of amides is 1. The van der Waals surface area contributed by atoms with Crippen molar-refractivity contribution in [1.29, 1.82) is 0 Å². The second-order valence-electron chi connectivity index (χ2n) is 6.44. The summed E-state index contributed by atoms with van der Waals surface area (Å²) in [5.74, 6) is 1.32. The van der Waals surface area contributed by atoms with E-state index in [1.165, 1.54) is 24.0 Å². The third kappa shape index (κ3) is 1.84. The Morgan fingerprint density at radius 2 is 2.06 bits per heavy atom. The molecule has 2 heteroatoms. The molecule has 96 valence electrons. The van der Waals surface area contributed by atoms with Gasteiger partial charge in [-0.15, -0.1) is 0 Å². The molecule has 0 N–H and O–H groups in total. The van der Waals surface area contributed by atoms with E-state index in [0.717, 1.165) is 25.4 Å². The van der Waals surface area contributed by atoms with Gasteiger partial charge in [0.2, 0.25) is 6.41 Å². The maximum atomic E-state index is 10.6. The first-order chi connectivity index (χ1) is 8.62. The van der Waals surface area contributed by atoms with Gasteiger partial charge in [-0.3, -0.25) is 4.79 Å². The summed E-state index contributed by atoms with van der Waals surface area (Å²) in [6.07, 6.45) is 3.51. The number of hydrogen-bond acceptors (Lipinski definition) is 1. The second kappa shape index (κ2) is 4.11. The van der Waals surface area contributed by atoms with E-state index in [1.807, 2.05) is 4.90 Å². The predicted molar refractivity (Wildman–Crippen MR) is 72.6 cm³/mol. The van der Waals surface area contributed by atoms with Crippen molar-refractivity contribution < 1.29 is 4.79 Å². The van der Waals surface area contributed by atoms with Crippen molar-refractivity contribution in [1.82, 2.24) is 4.90 Å². The number of hydrogen-bond donors (Lipinski definition) is 0. The van der Waals surface area contributed by atoms with Gasteiger partial charge < -0.3 is 4.90 Å². The third-order valence-corrected chi connectivity index (χ3v) is 4.63. The molecular weight excluding hydrogens is 222 g/mol. The summed E-state index contributed by atoms with van der Waals surface area (Å²) in [5.41, 5.74) is 3.41. The molecule has 0 aromatic heterocycles. The molecule has 1 amide bonds. The third-order valence-electron chi connectivity index (χ3n) is 4.63. The van der Waals surface area contributed by atoms with Gasteiger partial charge >= 0.3 is 0 Å². The lowest BCUT2D eigenvalue weighted by atomic mass is 9.56. The summed E-state index contributed by atoms with van der Waals surface area (Å²) in [5, 5.41) is 0. The molecule has 18 heavy (non-hydrogen) atoms. The first-order valence-electron chi connectivity index (χ1n) is 6.91. The van der Waals surface area contributed by atoms with E-state index in [-0.39, 0.29) is 0 Å². The molecule has 1 aliphatic heterocycles. The Morgan fingerprint density at radius 1 is 1.33 bits per heavy atom. The Kier molecular flexibility index (Phi) is 2.69. The van der Waals surface area contributed by atoms with Crippen LogP contribution in [0.2, 0.25) is 0 Å². The summed E-state index contributed by atoms with van der Waals surface area (Å²) in [7, 11) is 0. The van der Waals surface area contributed by atoms with Crippen LogP contribution in [0.4, 0.5) is 0 Å². The fourth-order valence-electron chi connectivity index (χ4n) is 3.54. The Bertz CT molecular complexity index is 452. The van der Waals surface area contributed by atoms with Gasteiger partial charge in [-0.05, 0) is 35.8 Å². The van der Waals surface area contributed by atoms with Crippen LogP contribution in [0.5, 0.6) is 0 Å². The summed E-state index contributed by atoms with van der Waals surface area (Å²) in [6, 6.07) is 9.05. The normalized spacial score (nSPS) is 21.8. The first kappa shape index (κ1) is 11.8. The Labute approximate surface area is 109 Å². The molecule has 0 bridgehead atoms. The molecule has 1 aromatic carbocycles. The van der Waals surface area contributed by atoms with Gasteiger partial charge in [0.1, 0.15) is 0 Å². The molecule has 1 saturated heterocycles. The highest BCUT2D eigenvalue weighted by atomic mass is 16.1. The zero-order chi connectivity index (χ0) is 12.8. The highest BCUT2D eigenvalue weighted by Crippen LogP contribution is 2.55. The highest BCUT2D eigenvalue weighted by Gasteiger charge is 2.52. The molecule has 2 nitrogen and oxygen atoms in total. The maximum Gasteiger partial charge on any atom is 0.209 e. The Balaban J connectivity index is 1.65. The lowest BCUT2D eigenvalue weighted by Crippen LogP contribution is -2.60. The minimum absolute atomic E-state index is 0.472. The van der Waals surface area contributed by atoms with Crippen molar-refractivity contribution in [2.75, 3.05) is 13.1 Å². The Hall–Kier alpha value is -1.31. The van der Waals surface area contributed by atoms with Crippen LogP contribution in [0.1, 0.15) is 49.7 Å². The van der Waals surface area contributed by atoms with Crippen molar-refractivity contribution in [3.63, 3.8) is 0 Å². The van der Waals surface area contributed by atoms with E-state index in [0.29, 0.717) is 11.3 Å². The van der Waals surface area contributed by atoms with Crippen LogP contribution < -0.4 is 0 Å². The van der Waals surface area contributed by atoms with Gasteiger partial charge in [0.05, 0.1) is 0 Å². The van der Waals surface area contributed by atoms with E-state index in [1.54, 1.807) is 0 Å². The van der Waals surface area contributed by atoms with Crippen LogP contribution in [0.15, 0.2) is 24.3 Å². The minimum Gasteiger partial charge on any atom is -0.344 e. The van der Waals surface area contributed by atoms with Gasteiger partial charge in [0.15, 0.2) is 0 Å². The van der Waals surface area contributed by atoms with Gasteiger partial charge in [0.25, 0.3) is 0 Å². The van der Waals surface area contributed by atoms with Crippen LogP contribution in [0, 0.1) is 5.41 Å². The van der Waals surface area contributed by atoms with Crippen LogP contribution in [0.25, 0.3) is 0 Å². The number of likely N-dealkylation sites (tertiary alicyclic amines) is 1. The van der Waals surface area contributed by atoms with E-state index >= 15 is 0 Å². The van der Waals surface area contributed by atoms with Gasteiger partial charge in [0, 0.05) is 18.5 Å². The summed E-state index contributed by atoms with van der Waals surface area (Å²) in [6.45, 7) is 6.46. The molecule has 0 radical (unpaired) electrons. The lowest BCUT2D eigenvalue weighted by molar-refractivity contribution is -0.137. The monoisotopic (exact) mass is 243 g/mol. The minimum atomic E-state index is 0.472. The van der Waals surface area contributed by atoms with Gasteiger partial charge in [-0.1, -0.05) is 38.1 Å². The van der Waals surface area contributed by atoms with E-state index in [4.69, 9.17) is 0 Å². The molecule has 0 unspecified atom stereocenters. The molecular formula is C16H21NO. The number of rotatable bonds is 3. The van der Waals surface area contributed by atoms with E-state index < -0.39 is 0 Å². The highest BCUT2D eigenvalue weighted by molar-refractivity contribution is 5.50. The molecule has 2 fully saturated rings. The smallest absolute Gasteiger partial charge is 0.209 e. The summed E-state index contributed by atoms with van der Waals surface area (Å²) < 4.78 is 0. The van der Waals surface area contributed by atoms with Gasteiger partial charge in [-0.2, -0.15) is 0 Å². The first-order valence-corrected chi connectivity index (χ1v) is 6.91. The molecule has 3 rings (SSSR count). The average molecular weight is 243 g/mol. The summed E-state index contributed by atoms with van der Waals surface area (Å²) >= 11 is 0. The molecule has 1 aliphatic carbocycles. The van der Waals surface area contributed by atoms with Crippen LogP contribution in [-0.2, 0) is 4.79 Å². The lowest BCUT2D eigenvalue weighted by Gasteiger charge is -2.58. The quantitative estimate of drug-likeness (QED) is 0.747. The molecule has 1 aromatic rings. The number of nitrogens with zero attached hydrogens (tertiary/aromatic N) is 1. The van der Waals surface area contributed by atoms with Crippen molar-refractivity contribution >= 4 is 6.41 Å². The maximum absolute atomic E-state index is 10.6. The van der Waals surface area contributed by atoms with Crippen LogP contribution in [-0.4, -0.2) is 24.4 Å². The topological polar surface area (TPSA) is 20.3 Å². The Morgan fingerprint density at radius 3 is 2.67 bits per heavy atom. The van der Waals surface area contributed by atoms with Crippen molar-refractivity contribution in [3.8, 4) is 0 Å². The SMILES string of the molecule is CC(C)c1cccc(C2CC3(C2)CN(C=O)C3)c1. The molecule has 1 spiro atoms. The van der Waals surface area contributed by atoms with E-state index in [9.17, 15) is 4.79 Å². The molecule has 1 saturated carbocycles.